The number of nitrogens with two attached hydrogens (primary N) is 1. The highest BCUT2D eigenvalue weighted by Crippen LogP contribution is 2.29. The third-order valence-corrected chi connectivity index (χ3v) is 4.25. The average Bonchev–Trinajstić information content (AvgIpc) is 2.28. The molecule has 1 aliphatic rings. The first kappa shape index (κ1) is 13.9. The Kier molecular flexibility index (Phi) is 5.04. The fourth-order valence-corrected chi connectivity index (χ4v) is 2.82. The minimum atomic E-state index is 0.252. The van der Waals surface area contributed by atoms with Crippen LogP contribution in [0.1, 0.15) is 42.9 Å². The van der Waals surface area contributed by atoms with Crippen molar-refractivity contribution >= 4 is 11.6 Å². The molecule has 0 radical (unpaired) electrons. The molecule has 0 bridgehead atoms. The van der Waals surface area contributed by atoms with E-state index in [1.54, 1.807) is 0 Å². The van der Waals surface area contributed by atoms with Crippen LogP contribution >= 0.6 is 11.6 Å². The lowest BCUT2D eigenvalue weighted by atomic mass is 9.83. The maximum Gasteiger partial charge on any atom is 0.0447 e. The van der Waals surface area contributed by atoms with Crippen LogP contribution in [-0.2, 0) is 0 Å². The number of halogens is 1. The molecule has 1 aromatic carbocycles. The van der Waals surface area contributed by atoms with Gasteiger partial charge in [-0.15, -0.1) is 0 Å². The topological polar surface area (TPSA) is 38.0 Å². The van der Waals surface area contributed by atoms with Gasteiger partial charge in [0.05, 0.1) is 0 Å². The summed E-state index contributed by atoms with van der Waals surface area (Å²) in [6.45, 7) is 3.79. The monoisotopic (exact) mass is 266 g/mol. The summed E-state index contributed by atoms with van der Waals surface area (Å²) in [6.07, 6.45) is 5.52. The summed E-state index contributed by atoms with van der Waals surface area (Å²) in [5, 5.41) is 4.37. The molecule has 0 amide bonds. The molecular formula is C15H23ClN2. The van der Waals surface area contributed by atoms with E-state index in [-0.39, 0.29) is 6.04 Å². The van der Waals surface area contributed by atoms with E-state index in [0.29, 0.717) is 6.54 Å². The molecule has 3 N–H and O–H groups in total. The zero-order valence-corrected chi connectivity index (χ0v) is 11.8. The van der Waals surface area contributed by atoms with Crippen molar-refractivity contribution in [1.82, 2.24) is 5.32 Å². The van der Waals surface area contributed by atoms with E-state index in [9.17, 15) is 0 Å². The summed E-state index contributed by atoms with van der Waals surface area (Å²) in [5.41, 5.74) is 8.37. The highest BCUT2D eigenvalue weighted by molar-refractivity contribution is 6.30. The van der Waals surface area contributed by atoms with Crippen LogP contribution < -0.4 is 11.1 Å². The van der Waals surface area contributed by atoms with E-state index >= 15 is 0 Å². The van der Waals surface area contributed by atoms with Crippen molar-refractivity contribution in [2.45, 2.75) is 38.6 Å². The van der Waals surface area contributed by atoms with Crippen molar-refractivity contribution in [3.63, 3.8) is 0 Å². The summed E-state index contributed by atoms with van der Waals surface area (Å²) >= 11 is 5.99. The first-order valence-electron chi connectivity index (χ1n) is 6.90. The molecule has 0 aromatic heterocycles. The standard InChI is InChI=1S/C15H23ClN2/c1-11-9-13(16)5-6-14(11)15(10-17)18-8-7-12-3-2-4-12/h5-6,9,12,15,18H,2-4,7-8,10,17H2,1H3. The second kappa shape index (κ2) is 6.55. The molecule has 0 spiro atoms. The van der Waals surface area contributed by atoms with Gasteiger partial charge in [0.25, 0.3) is 0 Å². The fourth-order valence-electron chi connectivity index (χ4n) is 2.59. The quantitative estimate of drug-likeness (QED) is 0.828. The van der Waals surface area contributed by atoms with Crippen LogP contribution in [0.5, 0.6) is 0 Å². The highest BCUT2D eigenvalue weighted by Gasteiger charge is 2.18. The molecule has 1 saturated carbocycles. The Morgan fingerprint density at radius 1 is 1.44 bits per heavy atom. The second-order valence-corrected chi connectivity index (χ2v) is 5.77. The largest absolute Gasteiger partial charge is 0.329 e. The zero-order valence-electron chi connectivity index (χ0n) is 11.1. The lowest BCUT2D eigenvalue weighted by Gasteiger charge is -2.27. The summed E-state index contributed by atoms with van der Waals surface area (Å²) in [7, 11) is 0. The number of aryl methyl sites for hydroxylation is 1. The molecule has 1 aliphatic carbocycles. The molecule has 3 heteroatoms. The third-order valence-electron chi connectivity index (χ3n) is 4.01. The maximum absolute atomic E-state index is 5.99. The van der Waals surface area contributed by atoms with Crippen molar-refractivity contribution in [2.75, 3.05) is 13.1 Å². The molecule has 2 nitrogen and oxygen atoms in total. The van der Waals surface area contributed by atoms with Gasteiger partial charge in [-0.3, -0.25) is 0 Å². The second-order valence-electron chi connectivity index (χ2n) is 5.33. The zero-order chi connectivity index (χ0) is 13.0. The Hall–Kier alpha value is -0.570. The minimum Gasteiger partial charge on any atom is -0.329 e. The van der Waals surface area contributed by atoms with Crippen molar-refractivity contribution in [1.29, 1.82) is 0 Å². The number of benzene rings is 1. The first-order valence-corrected chi connectivity index (χ1v) is 7.28. The van der Waals surface area contributed by atoms with Crippen molar-refractivity contribution in [3.8, 4) is 0 Å². The lowest BCUT2D eigenvalue weighted by Crippen LogP contribution is -2.31. The highest BCUT2D eigenvalue weighted by atomic mass is 35.5. The van der Waals surface area contributed by atoms with Gasteiger partial charge in [0, 0.05) is 17.6 Å². The van der Waals surface area contributed by atoms with E-state index in [4.69, 9.17) is 17.3 Å². The average molecular weight is 267 g/mol. The summed E-state index contributed by atoms with van der Waals surface area (Å²) in [6, 6.07) is 6.29. The first-order chi connectivity index (χ1) is 8.70. The maximum atomic E-state index is 5.99. The van der Waals surface area contributed by atoms with Gasteiger partial charge in [-0.1, -0.05) is 36.9 Å². The van der Waals surface area contributed by atoms with E-state index in [1.165, 1.54) is 36.8 Å². The van der Waals surface area contributed by atoms with Gasteiger partial charge in [0.2, 0.25) is 0 Å². The SMILES string of the molecule is Cc1cc(Cl)ccc1C(CN)NCCC1CCC1. The molecule has 1 aromatic rings. The Balaban J connectivity index is 1.89. The molecule has 2 rings (SSSR count). The van der Waals surface area contributed by atoms with Crippen LogP contribution in [0.2, 0.25) is 5.02 Å². The molecule has 18 heavy (non-hydrogen) atoms. The molecule has 100 valence electrons. The van der Waals surface area contributed by atoms with Crippen LogP contribution in [0.15, 0.2) is 18.2 Å². The minimum absolute atomic E-state index is 0.252. The molecule has 0 heterocycles. The third kappa shape index (κ3) is 3.47. The number of nitrogens with one attached hydrogen (secondary N) is 1. The Bertz CT molecular complexity index is 388. The predicted octanol–water partition coefficient (Wildman–Crippen LogP) is 3.43. The summed E-state index contributed by atoms with van der Waals surface area (Å²) in [4.78, 5) is 0. The van der Waals surface area contributed by atoms with Gasteiger partial charge in [-0.2, -0.15) is 0 Å². The fraction of sp³-hybridized carbons (Fsp3) is 0.600. The van der Waals surface area contributed by atoms with Gasteiger partial charge >= 0.3 is 0 Å². The molecule has 0 aliphatic heterocycles. The van der Waals surface area contributed by atoms with Crippen LogP contribution in [0.25, 0.3) is 0 Å². The molecular weight excluding hydrogens is 244 g/mol. The van der Waals surface area contributed by atoms with Gasteiger partial charge in [0.1, 0.15) is 0 Å². The molecule has 0 saturated heterocycles. The lowest BCUT2D eigenvalue weighted by molar-refractivity contribution is 0.288. The Morgan fingerprint density at radius 3 is 2.78 bits per heavy atom. The van der Waals surface area contributed by atoms with Gasteiger partial charge in [-0.25, -0.2) is 0 Å². The van der Waals surface area contributed by atoms with Gasteiger partial charge < -0.3 is 11.1 Å². The Labute approximate surface area is 115 Å². The molecule has 1 unspecified atom stereocenters. The smallest absolute Gasteiger partial charge is 0.0447 e. The van der Waals surface area contributed by atoms with E-state index in [0.717, 1.165) is 17.5 Å². The van der Waals surface area contributed by atoms with Crippen molar-refractivity contribution in [2.24, 2.45) is 11.7 Å². The van der Waals surface area contributed by atoms with Crippen LogP contribution in [0.4, 0.5) is 0 Å². The predicted molar refractivity (Wildman–Crippen MR) is 77.9 cm³/mol. The van der Waals surface area contributed by atoms with E-state index < -0.39 is 0 Å². The van der Waals surface area contributed by atoms with Gasteiger partial charge in [-0.05, 0) is 49.1 Å². The van der Waals surface area contributed by atoms with Crippen molar-refractivity contribution in [3.05, 3.63) is 34.3 Å². The number of hydrogen-bond acceptors (Lipinski definition) is 2. The van der Waals surface area contributed by atoms with Gasteiger partial charge in [0.15, 0.2) is 0 Å². The number of rotatable bonds is 6. The van der Waals surface area contributed by atoms with E-state index in [1.807, 2.05) is 12.1 Å². The molecule has 1 atom stereocenters. The van der Waals surface area contributed by atoms with Crippen molar-refractivity contribution < 1.29 is 0 Å². The summed E-state index contributed by atoms with van der Waals surface area (Å²) in [5.74, 6) is 0.947. The summed E-state index contributed by atoms with van der Waals surface area (Å²) < 4.78 is 0. The van der Waals surface area contributed by atoms with Crippen LogP contribution in [0, 0.1) is 12.8 Å². The number of hydrogen-bond donors (Lipinski definition) is 2. The Morgan fingerprint density at radius 2 is 2.22 bits per heavy atom. The van der Waals surface area contributed by atoms with Crippen LogP contribution in [0.3, 0.4) is 0 Å². The normalized spacial score (nSPS) is 17.5. The molecule has 1 fully saturated rings. The van der Waals surface area contributed by atoms with Crippen LogP contribution in [-0.4, -0.2) is 13.1 Å². The van der Waals surface area contributed by atoms with E-state index in [2.05, 4.69) is 18.3 Å².